The van der Waals surface area contributed by atoms with Crippen molar-refractivity contribution in [3.05, 3.63) is 29.6 Å². The summed E-state index contributed by atoms with van der Waals surface area (Å²) in [5, 5.41) is 12.2. The maximum Gasteiger partial charge on any atom is 0.171 e. The molecule has 0 radical (unpaired) electrons. The van der Waals surface area contributed by atoms with E-state index in [1.807, 2.05) is 18.4 Å². The van der Waals surface area contributed by atoms with E-state index in [1.165, 1.54) is 25.6 Å². The van der Waals surface area contributed by atoms with Gasteiger partial charge in [-0.2, -0.15) is 0 Å². The predicted molar refractivity (Wildman–Crippen MR) is 141 cm³/mol. The number of hydrogen-bond acceptors (Lipinski definition) is 7. The second-order valence-electron chi connectivity index (χ2n) is 9.59. The van der Waals surface area contributed by atoms with Crippen LogP contribution in [0.3, 0.4) is 0 Å². The third-order valence-electron chi connectivity index (χ3n) is 7.14. The van der Waals surface area contributed by atoms with E-state index >= 15 is 0 Å². The van der Waals surface area contributed by atoms with Crippen LogP contribution in [0.5, 0.6) is 11.5 Å². The number of halogens is 1. The predicted octanol–water partition coefficient (Wildman–Crippen LogP) is 6.25. The normalized spacial score (nSPS) is 26.6. The van der Waals surface area contributed by atoms with E-state index < -0.39 is 0 Å². The number of aliphatic imine (C=N–C) groups is 2. The van der Waals surface area contributed by atoms with E-state index in [0.29, 0.717) is 58.1 Å². The molecular weight excluding hydrogens is 464 g/mol. The summed E-state index contributed by atoms with van der Waals surface area (Å²) in [6, 6.07) is 3.57. The summed E-state index contributed by atoms with van der Waals surface area (Å²) in [6.07, 6.45) is 11.2. The van der Waals surface area contributed by atoms with Crippen molar-refractivity contribution < 1.29 is 14.6 Å². The zero-order valence-electron chi connectivity index (χ0n) is 20.8. The number of ether oxygens (including phenoxy) is 2. The van der Waals surface area contributed by atoms with Crippen LogP contribution in [-0.4, -0.2) is 53.4 Å². The monoisotopic (exact) mass is 498 g/mol. The SMILES string of the molecule is COC1CC=C(Cl)C2C=NCC(C)C(C)CCCCCCOc3ccc4ncnc(c4c3O)N=C12. The number of phenols is 1. The van der Waals surface area contributed by atoms with E-state index in [2.05, 4.69) is 23.8 Å². The zero-order valence-corrected chi connectivity index (χ0v) is 21.5. The molecule has 2 bridgehead atoms. The fraction of sp³-hybridized carbons (Fsp3) is 0.556. The summed E-state index contributed by atoms with van der Waals surface area (Å²) in [5.41, 5.74) is 1.31. The molecule has 0 amide bonds. The molecule has 1 aliphatic heterocycles. The van der Waals surface area contributed by atoms with Crippen LogP contribution in [0.2, 0.25) is 0 Å². The first kappa shape index (κ1) is 25.6. The number of hydrogen-bond donors (Lipinski definition) is 1. The first-order chi connectivity index (χ1) is 17.0. The highest BCUT2D eigenvalue weighted by atomic mass is 35.5. The Kier molecular flexibility index (Phi) is 8.74. The third-order valence-corrected chi connectivity index (χ3v) is 7.53. The Morgan fingerprint density at radius 2 is 1.91 bits per heavy atom. The molecule has 0 spiro atoms. The average Bonchev–Trinajstić information content (AvgIpc) is 2.85. The molecule has 0 saturated carbocycles. The number of phenolic OH excluding ortho intramolecular Hbond substituents is 1. The number of nitrogens with zero attached hydrogens (tertiary/aromatic N) is 4. The largest absolute Gasteiger partial charge is 0.504 e. The number of aromatic hydroxyl groups is 1. The van der Waals surface area contributed by atoms with Gasteiger partial charge >= 0.3 is 0 Å². The number of fused-ring (bicyclic) bond motifs is 2. The Bertz CT molecular complexity index is 1120. The maximum atomic E-state index is 11.1. The molecule has 1 N–H and O–H groups in total. The molecule has 7 nitrogen and oxygen atoms in total. The van der Waals surface area contributed by atoms with Crippen molar-refractivity contribution in [2.24, 2.45) is 27.7 Å². The van der Waals surface area contributed by atoms with Crippen molar-refractivity contribution in [1.82, 2.24) is 9.97 Å². The number of allylic oxidation sites excluding steroid dienone is 1. The summed E-state index contributed by atoms with van der Waals surface area (Å²) in [6.45, 7) is 5.85. The van der Waals surface area contributed by atoms with Gasteiger partial charge in [-0.05, 0) is 36.8 Å². The van der Waals surface area contributed by atoms with E-state index in [9.17, 15) is 5.11 Å². The Hall–Kier alpha value is -2.51. The van der Waals surface area contributed by atoms with Crippen molar-refractivity contribution in [3.8, 4) is 11.5 Å². The first-order valence-corrected chi connectivity index (χ1v) is 12.9. The van der Waals surface area contributed by atoms with Crippen LogP contribution in [0.15, 0.2) is 39.6 Å². The Morgan fingerprint density at radius 3 is 2.74 bits per heavy atom. The van der Waals surface area contributed by atoms with E-state index in [4.69, 9.17) is 31.1 Å². The lowest BCUT2D eigenvalue weighted by atomic mass is 9.90. The van der Waals surface area contributed by atoms with Crippen molar-refractivity contribution >= 4 is 40.2 Å². The second-order valence-corrected chi connectivity index (χ2v) is 10.0. The van der Waals surface area contributed by atoms with Gasteiger partial charge in [-0.1, -0.05) is 57.2 Å². The number of aromatic nitrogens is 2. The highest BCUT2D eigenvalue weighted by Crippen LogP contribution is 2.39. The topological polar surface area (TPSA) is 89.2 Å². The van der Waals surface area contributed by atoms with Crippen LogP contribution in [0, 0.1) is 17.8 Å². The molecule has 2 aliphatic rings. The van der Waals surface area contributed by atoms with E-state index in [0.717, 1.165) is 19.4 Å². The molecule has 1 aliphatic carbocycles. The van der Waals surface area contributed by atoms with Gasteiger partial charge in [0.05, 0.1) is 35.2 Å². The highest BCUT2D eigenvalue weighted by molar-refractivity contribution is 6.34. The second kappa shape index (κ2) is 12.0. The molecule has 188 valence electrons. The molecule has 8 heteroatoms. The molecule has 4 rings (SSSR count). The quantitative estimate of drug-likeness (QED) is 0.501. The Morgan fingerprint density at radius 1 is 1.09 bits per heavy atom. The summed E-state index contributed by atoms with van der Waals surface area (Å²) < 4.78 is 11.7. The molecule has 2 heterocycles. The molecule has 4 unspecified atom stereocenters. The van der Waals surface area contributed by atoms with Crippen molar-refractivity contribution in [3.63, 3.8) is 0 Å². The van der Waals surface area contributed by atoms with Crippen molar-refractivity contribution in [2.45, 2.75) is 58.5 Å². The van der Waals surface area contributed by atoms with Crippen LogP contribution in [-0.2, 0) is 4.74 Å². The number of methoxy groups -OCH3 is 1. The maximum absolute atomic E-state index is 11.1. The first-order valence-electron chi connectivity index (χ1n) is 12.6. The molecule has 1 aromatic heterocycles. The zero-order chi connectivity index (χ0) is 24.8. The minimum absolute atomic E-state index is 0.000326. The summed E-state index contributed by atoms with van der Waals surface area (Å²) in [4.78, 5) is 18.4. The van der Waals surface area contributed by atoms with Crippen LogP contribution in [0.4, 0.5) is 5.82 Å². The third kappa shape index (κ3) is 6.01. The summed E-state index contributed by atoms with van der Waals surface area (Å²) in [7, 11) is 1.66. The summed E-state index contributed by atoms with van der Waals surface area (Å²) in [5.74, 6) is 1.53. The van der Waals surface area contributed by atoms with Gasteiger partial charge < -0.3 is 14.6 Å². The Balaban J connectivity index is 1.79. The van der Waals surface area contributed by atoms with E-state index in [-0.39, 0.29) is 17.8 Å². The van der Waals surface area contributed by atoms with Gasteiger partial charge in [0, 0.05) is 24.9 Å². The van der Waals surface area contributed by atoms with Gasteiger partial charge in [0.25, 0.3) is 0 Å². The molecule has 0 saturated heterocycles. The standard InChI is InChI=1S/C27H35ClN4O3/c1-17-8-6-4-5-7-13-35-23-12-10-21-24(26(23)33)27(31-16-30-21)32-25-19(15-29-14-18(17)2)20(28)9-11-22(25)34-3/h9-10,12,15-19,22,33H,4-8,11,13-14H2,1-3H3. The van der Waals surface area contributed by atoms with Crippen molar-refractivity contribution in [2.75, 3.05) is 20.3 Å². The summed E-state index contributed by atoms with van der Waals surface area (Å²) >= 11 is 6.67. The molecule has 2 aromatic rings. The molecule has 35 heavy (non-hydrogen) atoms. The smallest absolute Gasteiger partial charge is 0.171 e. The molecule has 4 atom stereocenters. The fourth-order valence-electron chi connectivity index (χ4n) is 4.64. The minimum Gasteiger partial charge on any atom is -0.504 e. The van der Waals surface area contributed by atoms with Crippen LogP contribution in [0.1, 0.15) is 52.4 Å². The van der Waals surface area contributed by atoms with Gasteiger partial charge in [-0.25, -0.2) is 15.0 Å². The molecule has 0 fully saturated rings. The van der Waals surface area contributed by atoms with Crippen molar-refractivity contribution in [1.29, 1.82) is 0 Å². The average molecular weight is 499 g/mol. The van der Waals surface area contributed by atoms with Gasteiger partial charge in [-0.15, -0.1) is 0 Å². The minimum atomic E-state index is -0.313. The number of rotatable bonds is 1. The van der Waals surface area contributed by atoms with Gasteiger partial charge in [0.1, 0.15) is 6.33 Å². The molecule has 1 aromatic carbocycles. The lowest BCUT2D eigenvalue weighted by molar-refractivity contribution is 0.154. The molecular formula is C27H35ClN4O3. The number of benzene rings is 1. The van der Waals surface area contributed by atoms with Crippen LogP contribution < -0.4 is 4.74 Å². The van der Waals surface area contributed by atoms with E-state index in [1.54, 1.807) is 13.2 Å². The lowest BCUT2D eigenvalue weighted by Crippen LogP contribution is -2.34. The fourth-order valence-corrected chi connectivity index (χ4v) is 4.90. The Labute approximate surface area is 212 Å². The van der Waals surface area contributed by atoms with Crippen LogP contribution in [0.25, 0.3) is 10.9 Å². The highest BCUT2D eigenvalue weighted by Gasteiger charge is 2.30. The van der Waals surface area contributed by atoms with Gasteiger partial charge in [-0.3, -0.25) is 4.99 Å². The lowest BCUT2D eigenvalue weighted by Gasteiger charge is -2.27. The van der Waals surface area contributed by atoms with Gasteiger partial charge in [0.15, 0.2) is 17.3 Å². The van der Waals surface area contributed by atoms with Crippen LogP contribution >= 0.6 is 11.6 Å². The van der Waals surface area contributed by atoms with Gasteiger partial charge in [0.2, 0.25) is 0 Å².